The van der Waals surface area contributed by atoms with Crippen molar-refractivity contribution >= 4 is 10.8 Å². The Morgan fingerprint density at radius 2 is 1.91 bits per heavy atom. The maximum atomic E-state index is 10.00. The van der Waals surface area contributed by atoms with E-state index in [4.69, 9.17) is 9.47 Å². The van der Waals surface area contributed by atoms with Crippen molar-refractivity contribution in [3.05, 3.63) is 36.7 Å². The minimum atomic E-state index is -1.47. The first-order chi connectivity index (χ1) is 10.6. The zero-order valence-electron chi connectivity index (χ0n) is 11.6. The molecule has 1 aromatic carbocycles. The molecule has 1 saturated heterocycles. The molecule has 0 aliphatic carbocycles. The van der Waals surface area contributed by atoms with E-state index in [1.165, 1.54) is 0 Å². The molecule has 5 atom stereocenters. The number of hydrogen-bond acceptors (Lipinski definition) is 7. The molecule has 1 aromatic heterocycles. The van der Waals surface area contributed by atoms with Gasteiger partial charge >= 0.3 is 0 Å². The standard InChI is InChI=1S/C15H17NO6/c17-7-11-12(18)13(19)14(20)15(22-11)21-10-3-1-2-8-4-5-16-6-9(8)10/h1-6,11-15,17-20H,7H2/t11-,12+,13+,14-,15-/m1/s1. The average Bonchev–Trinajstić information content (AvgIpc) is 2.55. The number of nitrogens with zero attached hydrogens (tertiary/aromatic N) is 1. The fraction of sp³-hybridized carbons (Fsp3) is 0.400. The molecule has 0 spiro atoms. The maximum Gasteiger partial charge on any atom is 0.229 e. The van der Waals surface area contributed by atoms with Gasteiger partial charge in [0.2, 0.25) is 6.29 Å². The number of ether oxygens (including phenoxy) is 2. The minimum Gasteiger partial charge on any atom is -0.461 e. The summed E-state index contributed by atoms with van der Waals surface area (Å²) in [5, 5.41) is 40.3. The van der Waals surface area contributed by atoms with Gasteiger partial charge in [-0.15, -0.1) is 0 Å². The molecule has 1 fully saturated rings. The quantitative estimate of drug-likeness (QED) is 0.600. The summed E-state index contributed by atoms with van der Waals surface area (Å²) in [7, 11) is 0. The van der Waals surface area contributed by atoms with E-state index in [0.29, 0.717) is 5.75 Å². The molecule has 0 unspecified atom stereocenters. The monoisotopic (exact) mass is 307 g/mol. The molecule has 1 aliphatic rings. The number of aromatic nitrogens is 1. The minimum absolute atomic E-state index is 0.426. The highest BCUT2D eigenvalue weighted by Crippen LogP contribution is 2.29. The lowest BCUT2D eigenvalue weighted by Gasteiger charge is -2.39. The number of rotatable bonds is 3. The van der Waals surface area contributed by atoms with Gasteiger partial charge in [-0.2, -0.15) is 0 Å². The maximum absolute atomic E-state index is 10.00. The first kappa shape index (κ1) is 15.1. The number of hydrogen-bond donors (Lipinski definition) is 4. The van der Waals surface area contributed by atoms with E-state index in [9.17, 15) is 20.4 Å². The van der Waals surface area contributed by atoms with Gasteiger partial charge in [0.05, 0.1) is 6.61 Å². The van der Waals surface area contributed by atoms with E-state index in [-0.39, 0.29) is 0 Å². The molecule has 3 rings (SSSR count). The Labute approximate surface area is 126 Å². The lowest BCUT2D eigenvalue weighted by atomic mass is 9.99. The molecule has 2 aromatic rings. The van der Waals surface area contributed by atoms with Gasteiger partial charge < -0.3 is 29.9 Å². The third-order valence-corrected chi connectivity index (χ3v) is 3.74. The molecule has 0 bridgehead atoms. The van der Waals surface area contributed by atoms with Crippen LogP contribution in [0.25, 0.3) is 10.8 Å². The normalized spacial score (nSPS) is 32.1. The number of pyridine rings is 1. The van der Waals surface area contributed by atoms with Crippen LogP contribution in [0.3, 0.4) is 0 Å². The lowest BCUT2D eigenvalue weighted by molar-refractivity contribution is -0.277. The molecule has 22 heavy (non-hydrogen) atoms. The molecule has 0 saturated carbocycles. The second-order valence-electron chi connectivity index (χ2n) is 5.17. The Balaban J connectivity index is 1.87. The molecular weight excluding hydrogens is 290 g/mol. The molecule has 1 aliphatic heterocycles. The van der Waals surface area contributed by atoms with Crippen LogP contribution < -0.4 is 4.74 Å². The van der Waals surface area contributed by atoms with E-state index in [2.05, 4.69) is 4.98 Å². The van der Waals surface area contributed by atoms with Gasteiger partial charge in [0.25, 0.3) is 0 Å². The zero-order valence-corrected chi connectivity index (χ0v) is 11.6. The molecule has 118 valence electrons. The van der Waals surface area contributed by atoms with Crippen molar-refractivity contribution in [2.24, 2.45) is 0 Å². The van der Waals surface area contributed by atoms with Crippen LogP contribution in [0.2, 0.25) is 0 Å². The van der Waals surface area contributed by atoms with E-state index >= 15 is 0 Å². The van der Waals surface area contributed by atoms with Crippen molar-refractivity contribution in [3.8, 4) is 5.75 Å². The van der Waals surface area contributed by atoms with Gasteiger partial charge in [0.15, 0.2) is 0 Å². The van der Waals surface area contributed by atoms with Crippen molar-refractivity contribution < 1.29 is 29.9 Å². The van der Waals surface area contributed by atoms with Crippen LogP contribution in [0.1, 0.15) is 0 Å². The molecular formula is C15H17NO6. The largest absolute Gasteiger partial charge is 0.461 e. The van der Waals surface area contributed by atoms with Crippen LogP contribution in [0, 0.1) is 0 Å². The Morgan fingerprint density at radius 3 is 2.68 bits per heavy atom. The van der Waals surface area contributed by atoms with Gasteiger partial charge in [-0.3, -0.25) is 4.98 Å². The van der Waals surface area contributed by atoms with Gasteiger partial charge in [-0.05, 0) is 17.5 Å². The number of aliphatic hydroxyl groups is 4. The Morgan fingerprint density at radius 1 is 1.09 bits per heavy atom. The van der Waals surface area contributed by atoms with Gasteiger partial charge in [0, 0.05) is 17.8 Å². The first-order valence-electron chi connectivity index (χ1n) is 6.91. The molecule has 0 radical (unpaired) electrons. The fourth-order valence-electron chi connectivity index (χ4n) is 2.48. The van der Waals surface area contributed by atoms with Crippen LogP contribution in [0.5, 0.6) is 5.75 Å². The van der Waals surface area contributed by atoms with E-state index in [0.717, 1.165) is 10.8 Å². The van der Waals surface area contributed by atoms with Crippen LogP contribution in [0.15, 0.2) is 36.7 Å². The predicted molar refractivity (Wildman–Crippen MR) is 76.1 cm³/mol. The summed E-state index contributed by atoms with van der Waals surface area (Å²) < 4.78 is 11.0. The summed E-state index contributed by atoms with van der Waals surface area (Å²) in [4.78, 5) is 4.03. The first-order valence-corrected chi connectivity index (χ1v) is 6.91. The van der Waals surface area contributed by atoms with Crippen LogP contribution in [-0.2, 0) is 4.74 Å². The highest BCUT2D eigenvalue weighted by Gasteiger charge is 2.44. The summed E-state index contributed by atoms with van der Waals surface area (Å²) in [6.45, 7) is -0.498. The summed E-state index contributed by atoms with van der Waals surface area (Å²) in [5.41, 5.74) is 0. The Kier molecular flexibility index (Phi) is 4.23. The number of benzene rings is 1. The van der Waals surface area contributed by atoms with E-state index in [1.807, 2.05) is 12.1 Å². The van der Waals surface area contributed by atoms with Gasteiger partial charge in [-0.1, -0.05) is 12.1 Å². The second-order valence-corrected chi connectivity index (χ2v) is 5.17. The molecule has 2 heterocycles. The topological polar surface area (TPSA) is 112 Å². The number of aliphatic hydroxyl groups excluding tert-OH is 4. The third kappa shape index (κ3) is 2.65. The Hall–Kier alpha value is -1.77. The highest BCUT2D eigenvalue weighted by atomic mass is 16.7. The number of fused-ring (bicyclic) bond motifs is 1. The second kappa shape index (κ2) is 6.15. The predicted octanol–water partition coefficient (Wildman–Crippen LogP) is -0.587. The lowest BCUT2D eigenvalue weighted by Crippen LogP contribution is -2.60. The van der Waals surface area contributed by atoms with Crippen LogP contribution >= 0.6 is 0 Å². The fourth-order valence-corrected chi connectivity index (χ4v) is 2.48. The van der Waals surface area contributed by atoms with Crippen molar-refractivity contribution in [1.82, 2.24) is 4.98 Å². The summed E-state index contributed by atoms with van der Waals surface area (Å²) in [6, 6.07) is 7.17. The van der Waals surface area contributed by atoms with Gasteiger partial charge in [-0.25, -0.2) is 0 Å². The van der Waals surface area contributed by atoms with Crippen molar-refractivity contribution in [1.29, 1.82) is 0 Å². The van der Waals surface area contributed by atoms with E-state index < -0.39 is 37.3 Å². The SMILES string of the molecule is OC[C@H]1O[C@@H](Oc2cccc3ccncc23)[C@H](O)[C@@H](O)[C@H]1O. The molecule has 0 amide bonds. The van der Waals surface area contributed by atoms with Crippen molar-refractivity contribution in [2.75, 3.05) is 6.61 Å². The van der Waals surface area contributed by atoms with Crippen LogP contribution in [0.4, 0.5) is 0 Å². The molecule has 7 heteroatoms. The highest BCUT2D eigenvalue weighted by molar-refractivity contribution is 5.87. The third-order valence-electron chi connectivity index (χ3n) is 3.74. The van der Waals surface area contributed by atoms with Crippen molar-refractivity contribution in [2.45, 2.75) is 30.7 Å². The van der Waals surface area contributed by atoms with E-state index in [1.54, 1.807) is 24.5 Å². The summed E-state index contributed by atoms with van der Waals surface area (Å²) in [5.74, 6) is 0.426. The Bertz CT molecular complexity index is 643. The van der Waals surface area contributed by atoms with Crippen LogP contribution in [-0.4, -0.2) is 62.7 Å². The zero-order chi connectivity index (χ0) is 15.7. The van der Waals surface area contributed by atoms with Crippen molar-refractivity contribution in [3.63, 3.8) is 0 Å². The smallest absolute Gasteiger partial charge is 0.229 e. The summed E-state index contributed by atoms with van der Waals surface area (Å²) >= 11 is 0. The van der Waals surface area contributed by atoms with Gasteiger partial charge in [0.1, 0.15) is 30.2 Å². The molecule has 4 N–H and O–H groups in total. The summed E-state index contributed by atoms with van der Waals surface area (Å²) in [6.07, 6.45) is -3.25. The average molecular weight is 307 g/mol. The molecule has 7 nitrogen and oxygen atoms in total.